The van der Waals surface area contributed by atoms with Crippen LogP contribution in [0.5, 0.6) is 0 Å². The molecule has 1 heterocycles. The number of imidazole rings is 1. The van der Waals surface area contributed by atoms with Gasteiger partial charge in [0.2, 0.25) is 0 Å². The van der Waals surface area contributed by atoms with Crippen molar-refractivity contribution in [2.75, 3.05) is 5.75 Å². The number of thioether (sulfide) groups is 1. The van der Waals surface area contributed by atoms with E-state index in [1.165, 1.54) is 0 Å². The van der Waals surface area contributed by atoms with Crippen LogP contribution < -0.4 is 5.73 Å². The highest BCUT2D eigenvalue weighted by Crippen LogP contribution is 2.18. The first-order valence-corrected chi connectivity index (χ1v) is 5.99. The minimum Gasteiger partial charge on any atom is -0.329 e. The topological polar surface area (TPSA) is 43.8 Å². The van der Waals surface area contributed by atoms with Crippen molar-refractivity contribution in [3.05, 3.63) is 12.4 Å². The van der Waals surface area contributed by atoms with Gasteiger partial charge in [0.25, 0.3) is 0 Å². The minimum atomic E-state index is 0. The fraction of sp³-hybridized carbons (Fsp3) is 0.700. The molecule has 0 aromatic carbocycles. The number of hydrogen-bond acceptors (Lipinski definition) is 3. The average Bonchev–Trinajstić information content (AvgIpc) is 2.59. The van der Waals surface area contributed by atoms with E-state index in [2.05, 4.69) is 18.8 Å². The molecule has 2 N–H and O–H groups in total. The number of hydrogen-bond donors (Lipinski definition) is 1. The molecule has 3 nitrogen and oxygen atoms in total. The largest absolute Gasteiger partial charge is 0.329 e. The summed E-state index contributed by atoms with van der Waals surface area (Å²) in [4.78, 5) is 4.24. The summed E-state index contributed by atoms with van der Waals surface area (Å²) in [7, 11) is 2.00. The van der Waals surface area contributed by atoms with Gasteiger partial charge in [0.05, 0.1) is 0 Å². The molecule has 0 bridgehead atoms. The van der Waals surface area contributed by atoms with Crippen LogP contribution in [0.2, 0.25) is 0 Å². The minimum absolute atomic E-state index is 0. The van der Waals surface area contributed by atoms with Crippen molar-refractivity contribution in [2.45, 2.75) is 31.5 Å². The summed E-state index contributed by atoms with van der Waals surface area (Å²) in [5, 5.41) is 1.05. The Balaban J connectivity index is 0.00000196. The number of halogens is 1. The number of nitrogens with two attached hydrogens (primary N) is 1. The van der Waals surface area contributed by atoms with Crippen LogP contribution in [0.15, 0.2) is 17.6 Å². The number of rotatable bonds is 5. The lowest BCUT2D eigenvalue weighted by Crippen LogP contribution is -2.30. The Kier molecular flexibility index (Phi) is 7.05. The van der Waals surface area contributed by atoms with Gasteiger partial charge in [0.15, 0.2) is 5.16 Å². The van der Waals surface area contributed by atoms with Gasteiger partial charge in [0.1, 0.15) is 0 Å². The van der Waals surface area contributed by atoms with Crippen LogP contribution in [0.4, 0.5) is 0 Å². The Hall–Kier alpha value is -0.190. The second-order valence-corrected chi connectivity index (χ2v) is 4.67. The summed E-state index contributed by atoms with van der Waals surface area (Å²) in [5.74, 6) is 1.53. The number of aromatic nitrogens is 2. The maximum Gasteiger partial charge on any atom is 0.167 e. The molecular formula is C10H20ClN3S. The molecule has 0 aliphatic heterocycles. The first-order valence-electron chi connectivity index (χ1n) is 5.00. The van der Waals surface area contributed by atoms with E-state index >= 15 is 0 Å². The van der Waals surface area contributed by atoms with Gasteiger partial charge in [-0.2, -0.15) is 0 Å². The average molecular weight is 250 g/mol. The van der Waals surface area contributed by atoms with E-state index in [1.54, 1.807) is 11.8 Å². The quantitative estimate of drug-likeness (QED) is 0.815. The van der Waals surface area contributed by atoms with Crippen LogP contribution in [0.3, 0.4) is 0 Å². The van der Waals surface area contributed by atoms with Crippen molar-refractivity contribution < 1.29 is 0 Å². The van der Waals surface area contributed by atoms with Gasteiger partial charge in [-0.25, -0.2) is 4.98 Å². The molecule has 0 aliphatic carbocycles. The molecule has 1 aromatic rings. The standard InChI is InChI=1S/C10H19N3S.ClH/c1-4-8(2)9(11)7-14-10-12-5-6-13(10)3;/h5-6,8-9H,4,7,11H2,1-3H3;1H. The highest BCUT2D eigenvalue weighted by molar-refractivity contribution is 7.99. The van der Waals surface area contributed by atoms with Crippen LogP contribution >= 0.6 is 24.2 Å². The summed E-state index contributed by atoms with van der Waals surface area (Å²) < 4.78 is 2.02. The molecule has 0 saturated heterocycles. The van der Waals surface area contributed by atoms with E-state index in [4.69, 9.17) is 5.73 Å². The first-order chi connectivity index (χ1) is 6.65. The number of aryl methyl sites for hydroxylation is 1. The molecule has 2 unspecified atom stereocenters. The summed E-state index contributed by atoms with van der Waals surface area (Å²) in [6, 6.07) is 0.265. The lowest BCUT2D eigenvalue weighted by atomic mass is 10.0. The zero-order chi connectivity index (χ0) is 10.6. The predicted octanol–water partition coefficient (Wildman–Crippen LogP) is 2.31. The number of nitrogens with zero attached hydrogens (tertiary/aromatic N) is 2. The maximum absolute atomic E-state index is 6.04. The van der Waals surface area contributed by atoms with Crippen LogP contribution in [-0.2, 0) is 7.05 Å². The SMILES string of the molecule is CCC(C)C(N)CSc1nccn1C.Cl. The van der Waals surface area contributed by atoms with Crippen molar-refractivity contribution in [2.24, 2.45) is 18.7 Å². The summed E-state index contributed by atoms with van der Waals surface area (Å²) in [5.41, 5.74) is 6.04. The van der Waals surface area contributed by atoms with Gasteiger partial charge in [-0.15, -0.1) is 12.4 Å². The van der Waals surface area contributed by atoms with Crippen molar-refractivity contribution in [1.82, 2.24) is 9.55 Å². The van der Waals surface area contributed by atoms with Crippen LogP contribution in [-0.4, -0.2) is 21.3 Å². The van der Waals surface area contributed by atoms with E-state index in [0.717, 1.165) is 17.3 Å². The van der Waals surface area contributed by atoms with Gasteiger partial charge in [-0.3, -0.25) is 0 Å². The Labute approximate surface area is 102 Å². The van der Waals surface area contributed by atoms with E-state index in [9.17, 15) is 0 Å². The summed E-state index contributed by atoms with van der Waals surface area (Å²) in [6.45, 7) is 4.37. The van der Waals surface area contributed by atoms with Crippen LogP contribution in [0.25, 0.3) is 0 Å². The molecule has 1 aromatic heterocycles. The zero-order valence-corrected chi connectivity index (χ0v) is 11.1. The van der Waals surface area contributed by atoms with Crippen molar-refractivity contribution in [1.29, 1.82) is 0 Å². The monoisotopic (exact) mass is 249 g/mol. The van der Waals surface area contributed by atoms with Gasteiger partial charge in [-0.05, 0) is 5.92 Å². The lowest BCUT2D eigenvalue weighted by molar-refractivity contribution is 0.475. The molecule has 0 aliphatic rings. The second-order valence-electron chi connectivity index (χ2n) is 3.68. The fourth-order valence-corrected chi connectivity index (χ4v) is 2.20. The van der Waals surface area contributed by atoms with Crippen LogP contribution in [0, 0.1) is 5.92 Å². The molecule has 15 heavy (non-hydrogen) atoms. The third kappa shape index (κ3) is 4.45. The third-order valence-corrected chi connectivity index (χ3v) is 3.76. The molecule has 0 spiro atoms. The Morgan fingerprint density at radius 1 is 1.60 bits per heavy atom. The van der Waals surface area contributed by atoms with E-state index in [0.29, 0.717) is 5.92 Å². The molecule has 0 amide bonds. The van der Waals surface area contributed by atoms with Gasteiger partial charge in [0, 0.05) is 31.2 Å². The summed E-state index contributed by atoms with van der Waals surface area (Å²) >= 11 is 1.73. The second kappa shape index (κ2) is 7.14. The summed E-state index contributed by atoms with van der Waals surface area (Å²) in [6.07, 6.45) is 4.91. The molecule has 5 heteroatoms. The van der Waals surface area contributed by atoms with Crippen molar-refractivity contribution >= 4 is 24.2 Å². The van der Waals surface area contributed by atoms with E-state index < -0.39 is 0 Å². The normalized spacial score (nSPS) is 14.4. The smallest absolute Gasteiger partial charge is 0.167 e. The fourth-order valence-electron chi connectivity index (χ4n) is 1.13. The molecule has 88 valence electrons. The molecular weight excluding hydrogens is 230 g/mol. The molecule has 0 radical (unpaired) electrons. The van der Waals surface area contributed by atoms with E-state index in [-0.39, 0.29) is 18.4 Å². The zero-order valence-electron chi connectivity index (χ0n) is 9.51. The van der Waals surface area contributed by atoms with Gasteiger partial charge >= 0.3 is 0 Å². The Morgan fingerprint density at radius 3 is 2.73 bits per heavy atom. The molecule has 1 rings (SSSR count). The Morgan fingerprint density at radius 2 is 2.27 bits per heavy atom. The van der Waals surface area contributed by atoms with Gasteiger partial charge < -0.3 is 10.3 Å². The molecule has 2 atom stereocenters. The predicted molar refractivity (Wildman–Crippen MR) is 68.6 cm³/mol. The highest BCUT2D eigenvalue weighted by atomic mass is 35.5. The van der Waals surface area contributed by atoms with Gasteiger partial charge in [-0.1, -0.05) is 32.0 Å². The van der Waals surface area contributed by atoms with Crippen LogP contribution in [0.1, 0.15) is 20.3 Å². The maximum atomic E-state index is 6.04. The lowest BCUT2D eigenvalue weighted by Gasteiger charge is -2.17. The van der Waals surface area contributed by atoms with Crippen molar-refractivity contribution in [3.63, 3.8) is 0 Å². The first kappa shape index (κ1) is 14.8. The van der Waals surface area contributed by atoms with Crippen molar-refractivity contribution in [3.8, 4) is 0 Å². The van der Waals surface area contributed by atoms with E-state index in [1.807, 2.05) is 24.0 Å². The Bertz CT molecular complexity index is 277. The molecule has 0 saturated carbocycles. The third-order valence-electron chi connectivity index (χ3n) is 2.56. The highest BCUT2D eigenvalue weighted by Gasteiger charge is 2.11. The molecule has 0 fully saturated rings.